The van der Waals surface area contributed by atoms with E-state index >= 15 is 0 Å². The first-order chi connectivity index (χ1) is 18.6. The van der Waals surface area contributed by atoms with Gasteiger partial charge in [-0.2, -0.15) is 0 Å². The lowest BCUT2D eigenvalue weighted by atomic mass is 10.0. The largest absolute Gasteiger partial charge is 0.481 e. The number of aliphatic imine (C=N–C) groups is 2. The first kappa shape index (κ1) is 35.9. The number of nitrogens with zero attached hydrogens (tertiary/aromatic N) is 2. The van der Waals surface area contributed by atoms with Crippen molar-refractivity contribution in [2.45, 2.75) is 83.0 Å². The summed E-state index contributed by atoms with van der Waals surface area (Å²) in [6.07, 6.45) is 0.286. The van der Waals surface area contributed by atoms with Gasteiger partial charge in [-0.1, -0.05) is 13.8 Å². The van der Waals surface area contributed by atoms with Crippen LogP contribution in [0, 0.1) is 5.92 Å². The van der Waals surface area contributed by atoms with Crippen molar-refractivity contribution in [2.24, 2.45) is 44.6 Å². The van der Waals surface area contributed by atoms with E-state index in [1.165, 1.54) is 0 Å². The third-order valence-electron chi connectivity index (χ3n) is 5.48. The zero-order chi connectivity index (χ0) is 30.8. The van der Waals surface area contributed by atoms with Gasteiger partial charge in [-0.3, -0.25) is 29.2 Å². The maximum absolute atomic E-state index is 13.1. The van der Waals surface area contributed by atoms with Gasteiger partial charge in [0.1, 0.15) is 18.1 Å². The van der Waals surface area contributed by atoms with Gasteiger partial charge in [0.15, 0.2) is 11.9 Å². The van der Waals surface area contributed by atoms with Crippen molar-refractivity contribution in [2.75, 3.05) is 13.1 Å². The van der Waals surface area contributed by atoms with Crippen molar-refractivity contribution >= 4 is 41.6 Å². The van der Waals surface area contributed by atoms with E-state index in [2.05, 4.69) is 25.9 Å². The minimum Gasteiger partial charge on any atom is -0.481 e. The van der Waals surface area contributed by atoms with E-state index in [1.807, 2.05) is 0 Å². The molecule has 0 aliphatic heterocycles. The van der Waals surface area contributed by atoms with Crippen LogP contribution in [0.25, 0.3) is 0 Å². The predicted octanol–water partition coefficient (Wildman–Crippen LogP) is -3.13. The molecule has 0 aromatic heterocycles. The molecule has 0 rings (SSSR count). The Labute approximate surface area is 232 Å². The first-order valence-corrected chi connectivity index (χ1v) is 12.9. The van der Waals surface area contributed by atoms with Gasteiger partial charge in [-0.15, -0.1) is 0 Å². The number of aliphatic carboxylic acids is 2. The van der Waals surface area contributed by atoms with Gasteiger partial charge in [0, 0.05) is 19.5 Å². The number of carbonyl (C=O) groups is 5. The standard InChI is InChI=1S/C23H44N10O7/c1-12(2)11-16(20(38)32-15(21(39)40)6-4-10-30-23(27)28)33-19(37)14(7-8-17(34)35)31-18(36)13(24)5-3-9-29-22(25)26/h12-16H,3-11,24H2,1-2H3,(H,31,36)(H,32,38)(H,33,37)(H,34,35)(H,39,40)(H4,25,26,29)(H4,27,28,30). The molecule has 0 radical (unpaired) electrons. The van der Waals surface area contributed by atoms with Crippen molar-refractivity contribution in [3.8, 4) is 0 Å². The van der Waals surface area contributed by atoms with Crippen LogP contribution in [-0.4, -0.2) is 89.0 Å². The lowest BCUT2D eigenvalue weighted by Crippen LogP contribution is -2.57. The Bertz CT molecular complexity index is 918. The fourth-order valence-corrected chi connectivity index (χ4v) is 3.47. The van der Waals surface area contributed by atoms with Crippen LogP contribution in [0.3, 0.4) is 0 Å². The topological polar surface area (TPSA) is 317 Å². The molecule has 15 N–H and O–H groups in total. The van der Waals surface area contributed by atoms with Crippen LogP contribution in [-0.2, 0) is 24.0 Å². The summed E-state index contributed by atoms with van der Waals surface area (Å²) in [5.74, 6) is -5.10. The third kappa shape index (κ3) is 16.6. The molecule has 40 heavy (non-hydrogen) atoms. The van der Waals surface area contributed by atoms with E-state index in [1.54, 1.807) is 13.8 Å². The normalized spacial score (nSPS) is 13.7. The average molecular weight is 573 g/mol. The van der Waals surface area contributed by atoms with Crippen molar-refractivity contribution in [1.29, 1.82) is 0 Å². The average Bonchev–Trinajstić information content (AvgIpc) is 2.84. The number of hydrogen-bond acceptors (Lipinski definition) is 8. The minimum absolute atomic E-state index is 0.0264. The van der Waals surface area contributed by atoms with Gasteiger partial charge in [-0.05, 0) is 44.4 Å². The zero-order valence-corrected chi connectivity index (χ0v) is 23.0. The van der Waals surface area contributed by atoms with Gasteiger partial charge < -0.3 is 54.8 Å². The molecule has 3 amide bonds. The number of carbonyl (C=O) groups excluding carboxylic acids is 3. The second kappa shape index (κ2) is 19.0. The number of amides is 3. The first-order valence-electron chi connectivity index (χ1n) is 12.9. The molecule has 0 aliphatic rings. The van der Waals surface area contributed by atoms with E-state index in [4.69, 9.17) is 33.8 Å². The summed E-state index contributed by atoms with van der Waals surface area (Å²) in [5, 5.41) is 26.0. The molecule has 0 bridgehead atoms. The number of rotatable bonds is 20. The van der Waals surface area contributed by atoms with Crippen LogP contribution >= 0.6 is 0 Å². The molecule has 17 heteroatoms. The van der Waals surface area contributed by atoms with Crippen LogP contribution in [0.5, 0.6) is 0 Å². The molecular formula is C23H44N10O7. The van der Waals surface area contributed by atoms with E-state index in [-0.39, 0.29) is 63.0 Å². The highest BCUT2D eigenvalue weighted by Gasteiger charge is 2.31. The van der Waals surface area contributed by atoms with E-state index in [0.29, 0.717) is 6.42 Å². The van der Waals surface area contributed by atoms with Gasteiger partial charge >= 0.3 is 11.9 Å². The summed E-state index contributed by atoms with van der Waals surface area (Å²) < 4.78 is 0. The summed E-state index contributed by atoms with van der Waals surface area (Å²) >= 11 is 0. The predicted molar refractivity (Wildman–Crippen MR) is 148 cm³/mol. The summed E-state index contributed by atoms with van der Waals surface area (Å²) in [4.78, 5) is 69.1. The number of nitrogens with two attached hydrogens (primary N) is 5. The fraction of sp³-hybridized carbons (Fsp3) is 0.696. The minimum atomic E-state index is -1.32. The molecule has 228 valence electrons. The molecule has 17 nitrogen and oxygen atoms in total. The monoisotopic (exact) mass is 572 g/mol. The number of carboxylic acid groups (broad SMARTS) is 2. The van der Waals surface area contributed by atoms with Crippen molar-refractivity contribution < 1.29 is 34.2 Å². The Morgan fingerprint density at radius 2 is 1.18 bits per heavy atom. The summed E-state index contributed by atoms with van der Waals surface area (Å²) in [7, 11) is 0. The summed E-state index contributed by atoms with van der Waals surface area (Å²) in [6, 6.07) is -4.78. The van der Waals surface area contributed by atoms with Crippen LogP contribution in [0.2, 0.25) is 0 Å². The second-order valence-corrected chi connectivity index (χ2v) is 9.59. The molecule has 4 atom stereocenters. The Balaban J connectivity index is 5.49. The molecule has 0 saturated heterocycles. The Morgan fingerprint density at radius 1 is 0.700 bits per heavy atom. The van der Waals surface area contributed by atoms with Gasteiger partial charge in [0.25, 0.3) is 0 Å². The molecule has 0 spiro atoms. The van der Waals surface area contributed by atoms with Gasteiger partial charge in [0.2, 0.25) is 17.7 Å². The third-order valence-corrected chi connectivity index (χ3v) is 5.48. The van der Waals surface area contributed by atoms with Gasteiger partial charge in [-0.25, -0.2) is 4.79 Å². The molecular weight excluding hydrogens is 528 g/mol. The van der Waals surface area contributed by atoms with E-state index in [0.717, 1.165) is 0 Å². The van der Waals surface area contributed by atoms with Crippen molar-refractivity contribution in [3.63, 3.8) is 0 Å². The number of nitrogens with one attached hydrogen (secondary N) is 3. The molecule has 0 aromatic carbocycles. The molecule has 4 unspecified atom stereocenters. The second-order valence-electron chi connectivity index (χ2n) is 9.59. The Kier molecular flexibility index (Phi) is 17.0. The highest BCUT2D eigenvalue weighted by Crippen LogP contribution is 2.09. The van der Waals surface area contributed by atoms with Crippen LogP contribution in [0.4, 0.5) is 0 Å². The van der Waals surface area contributed by atoms with Crippen LogP contribution < -0.4 is 44.6 Å². The summed E-state index contributed by atoms with van der Waals surface area (Å²) in [5.41, 5.74) is 26.9. The van der Waals surface area contributed by atoms with Crippen LogP contribution in [0.1, 0.15) is 58.8 Å². The highest BCUT2D eigenvalue weighted by atomic mass is 16.4. The maximum Gasteiger partial charge on any atom is 0.326 e. The van der Waals surface area contributed by atoms with E-state index in [9.17, 15) is 29.1 Å². The number of hydrogen-bond donors (Lipinski definition) is 10. The molecule has 0 saturated carbocycles. The maximum atomic E-state index is 13.1. The van der Waals surface area contributed by atoms with Crippen molar-refractivity contribution in [3.05, 3.63) is 0 Å². The molecule has 0 heterocycles. The summed E-state index contributed by atoms with van der Waals surface area (Å²) in [6.45, 7) is 3.99. The lowest BCUT2D eigenvalue weighted by molar-refractivity contribution is -0.142. The number of carboxylic acids is 2. The molecule has 0 fully saturated rings. The highest BCUT2D eigenvalue weighted by molar-refractivity contribution is 5.94. The zero-order valence-electron chi connectivity index (χ0n) is 23.0. The fourth-order valence-electron chi connectivity index (χ4n) is 3.47. The molecule has 0 aliphatic carbocycles. The smallest absolute Gasteiger partial charge is 0.326 e. The Morgan fingerprint density at radius 3 is 1.65 bits per heavy atom. The lowest BCUT2D eigenvalue weighted by Gasteiger charge is -2.26. The van der Waals surface area contributed by atoms with Gasteiger partial charge in [0.05, 0.1) is 6.04 Å². The van der Waals surface area contributed by atoms with Crippen molar-refractivity contribution in [1.82, 2.24) is 16.0 Å². The van der Waals surface area contributed by atoms with Crippen LogP contribution in [0.15, 0.2) is 9.98 Å². The Hall–Kier alpha value is -4.15. The van der Waals surface area contributed by atoms with E-state index < -0.39 is 60.2 Å². The molecule has 0 aromatic rings. The SMILES string of the molecule is CC(C)CC(NC(=O)C(CCC(=O)O)NC(=O)C(N)CCCN=C(N)N)C(=O)NC(CCCN=C(N)N)C(=O)O. The quantitative estimate of drug-likeness (QED) is 0.0393. The number of guanidine groups is 2.